The summed E-state index contributed by atoms with van der Waals surface area (Å²) in [6, 6.07) is 3.43. The molecule has 0 aliphatic rings. The van der Waals surface area contributed by atoms with Crippen molar-refractivity contribution in [3.63, 3.8) is 0 Å². The summed E-state index contributed by atoms with van der Waals surface area (Å²) in [7, 11) is 5.33. The second-order valence-electron chi connectivity index (χ2n) is 3.06. The lowest BCUT2D eigenvalue weighted by Crippen LogP contribution is -2.04. The number of hydrogen-bond acceptors (Lipinski definition) is 0. The standard InChI is InChI=1S/C10H3BF4/c11-4-1-2-5-6(3-4)8(13)10(15)9(14)7(5)12/h1-3H. The topological polar surface area (TPSA) is 0 Å². The molecule has 0 unspecified atom stereocenters. The van der Waals surface area contributed by atoms with Crippen LogP contribution >= 0.6 is 0 Å². The van der Waals surface area contributed by atoms with Gasteiger partial charge in [0.05, 0.1) is 0 Å². The molecule has 0 heterocycles. The number of fused-ring (bicyclic) bond motifs is 1. The van der Waals surface area contributed by atoms with Gasteiger partial charge in [-0.1, -0.05) is 23.7 Å². The van der Waals surface area contributed by atoms with E-state index in [2.05, 4.69) is 0 Å². The Kier molecular flexibility index (Phi) is 2.18. The van der Waals surface area contributed by atoms with E-state index in [1.807, 2.05) is 0 Å². The van der Waals surface area contributed by atoms with Gasteiger partial charge in [0.1, 0.15) is 7.85 Å². The van der Waals surface area contributed by atoms with Crippen LogP contribution in [0.1, 0.15) is 0 Å². The fraction of sp³-hybridized carbons (Fsp3) is 0. The maximum Gasteiger partial charge on any atom is 0.198 e. The molecule has 0 aliphatic carbocycles. The van der Waals surface area contributed by atoms with E-state index < -0.39 is 23.3 Å². The molecule has 5 heteroatoms. The Morgan fingerprint density at radius 1 is 0.733 bits per heavy atom. The third-order valence-corrected chi connectivity index (χ3v) is 2.09. The first kappa shape index (κ1) is 10.0. The second-order valence-corrected chi connectivity index (χ2v) is 3.06. The van der Waals surface area contributed by atoms with E-state index >= 15 is 0 Å². The van der Waals surface area contributed by atoms with Crippen molar-refractivity contribution in [2.24, 2.45) is 0 Å². The highest BCUT2D eigenvalue weighted by Crippen LogP contribution is 2.25. The Bertz CT molecular complexity index is 551. The fourth-order valence-electron chi connectivity index (χ4n) is 1.36. The molecule has 2 aromatic rings. The predicted octanol–water partition coefficient (Wildman–Crippen LogP) is 2.19. The van der Waals surface area contributed by atoms with Crippen molar-refractivity contribution in [1.82, 2.24) is 0 Å². The Morgan fingerprint density at radius 3 is 1.87 bits per heavy atom. The Morgan fingerprint density at radius 2 is 1.27 bits per heavy atom. The molecule has 0 atom stereocenters. The zero-order valence-corrected chi connectivity index (χ0v) is 7.32. The van der Waals surface area contributed by atoms with Crippen LogP contribution < -0.4 is 5.46 Å². The first-order valence-electron chi connectivity index (χ1n) is 4.03. The van der Waals surface area contributed by atoms with Crippen molar-refractivity contribution in [3.8, 4) is 0 Å². The van der Waals surface area contributed by atoms with Crippen molar-refractivity contribution in [2.75, 3.05) is 0 Å². The molecule has 0 spiro atoms. The largest absolute Gasteiger partial charge is 0.203 e. The van der Waals surface area contributed by atoms with Crippen molar-refractivity contribution in [1.29, 1.82) is 0 Å². The van der Waals surface area contributed by atoms with Gasteiger partial charge < -0.3 is 0 Å². The average Bonchev–Trinajstić information content (AvgIpc) is 2.23. The molecule has 0 nitrogen and oxygen atoms in total. The van der Waals surface area contributed by atoms with Gasteiger partial charge in [-0.15, -0.1) is 0 Å². The third kappa shape index (κ3) is 1.38. The summed E-state index contributed by atoms with van der Waals surface area (Å²) >= 11 is 0. The van der Waals surface area contributed by atoms with Crippen LogP contribution in [0, 0.1) is 23.3 Å². The summed E-state index contributed by atoms with van der Waals surface area (Å²) in [5.74, 6) is -6.49. The molecular formula is C10H3BF4. The van der Waals surface area contributed by atoms with Gasteiger partial charge in [-0.2, -0.15) is 0 Å². The first-order chi connectivity index (χ1) is 7.02. The van der Waals surface area contributed by atoms with Gasteiger partial charge in [0, 0.05) is 10.8 Å². The molecule has 0 saturated heterocycles. The Hall–Kier alpha value is -1.52. The lowest BCUT2D eigenvalue weighted by atomic mass is 9.93. The molecule has 74 valence electrons. The Labute approximate surface area is 83.9 Å². The molecule has 0 saturated carbocycles. The van der Waals surface area contributed by atoms with Gasteiger partial charge in [-0.05, 0) is 0 Å². The summed E-state index contributed by atoms with van der Waals surface area (Å²) in [5, 5.41) is -0.702. The van der Waals surface area contributed by atoms with E-state index in [4.69, 9.17) is 7.85 Å². The van der Waals surface area contributed by atoms with Crippen molar-refractivity contribution in [3.05, 3.63) is 41.5 Å². The summed E-state index contributed by atoms with van der Waals surface area (Å²) < 4.78 is 52.0. The van der Waals surface area contributed by atoms with Crippen molar-refractivity contribution in [2.45, 2.75) is 0 Å². The van der Waals surface area contributed by atoms with Crippen LogP contribution in [0.2, 0.25) is 0 Å². The highest BCUT2D eigenvalue weighted by Gasteiger charge is 2.19. The van der Waals surface area contributed by atoms with Crippen LogP contribution in [-0.4, -0.2) is 7.85 Å². The Balaban J connectivity index is 3.00. The number of hydrogen-bond donors (Lipinski definition) is 0. The lowest BCUT2D eigenvalue weighted by molar-refractivity contribution is 0.418. The minimum absolute atomic E-state index is 0.145. The first-order valence-corrected chi connectivity index (χ1v) is 4.03. The van der Waals surface area contributed by atoms with Gasteiger partial charge in [0.25, 0.3) is 0 Å². The third-order valence-electron chi connectivity index (χ3n) is 2.09. The van der Waals surface area contributed by atoms with E-state index in [1.54, 1.807) is 0 Å². The highest BCUT2D eigenvalue weighted by molar-refractivity contribution is 6.33. The lowest BCUT2D eigenvalue weighted by Gasteiger charge is -2.05. The molecule has 0 aromatic heterocycles. The van der Waals surface area contributed by atoms with Crippen LogP contribution in [0.4, 0.5) is 17.6 Å². The number of rotatable bonds is 0. The van der Waals surface area contributed by atoms with E-state index in [0.717, 1.165) is 12.1 Å². The zero-order chi connectivity index (χ0) is 11.2. The van der Waals surface area contributed by atoms with E-state index in [9.17, 15) is 17.6 Å². The van der Waals surface area contributed by atoms with E-state index in [0.29, 0.717) is 0 Å². The predicted molar refractivity (Wildman–Crippen MR) is 49.2 cm³/mol. The smallest absolute Gasteiger partial charge is 0.198 e. The number of benzene rings is 2. The molecule has 15 heavy (non-hydrogen) atoms. The van der Waals surface area contributed by atoms with Crippen LogP contribution in [0.25, 0.3) is 10.8 Å². The monoisotopic (exact) mass is 210 g/mol. The van der Waals surface area contributed by atoms with E-state index in [-0.39, 0.29) is 16.2 Å². The van der Waals surface area contributed by atoms with Crippen LogP contribution in [0.5, 0.6) is 0 Å². The fourth-order valence-corrected chi connectivity index (χ4v) is 1.36. The van der Waals surface area contributed by atoms with Crippen molar-refractivity contribution >= 4 is 24.1 Å². The van der Waals surface area contributed by atoms with Crippen molar-refractivity contribution < 1.29 is 17.6 Å². The van der Waals surface area contributed by atoms with Crippen LogP contribution in [-0.2, 0) is 0 Å². The second kappa shape index (κ2) is 3.26. The van der Waals surface area contributed by atoms with Gasteiger partial charge >= 0.3 is 0 Å². The van der Waals surface area contributed by atoms with Gasteiger partial charge in [0.15, 0.2) is 23.3 Å². The molecule has 0 N–H and O–H groups in total. The van der Waals surface area contributed by atoms with Gasteiger partial charge in [-0.25, -0.2) is 17.6 Å². The molecule has 0 amide bonds. The summed E-state index contributed by atoms with van der Waals surface area (Å²) in [4.78, 5) is 0. The molecule has 2 radical (unpaired) electrons. The molecule has 2 aromatic carbocycles. The number of halogens is 4. The summed E-state index contributed by atoms with van der Waals surface area (Å²) in [6.45, 7) is 0. The van der Waals surface area contributed by atoms with Crippen LogP contribution in [0.15, 0.2) is 18.2 Å². The van der Waals surface area contributed by atoms with Crippen LogP contribution in [0.3, 0.4) is 0 Å². The summed E-state index contributed by atoms with van der Waals surface area (Å²) in [6.07, 6.45) is 0. The molecule has 2 rings (SSSR count). The molecule has 0 aliphatic heterocycles. The normalized spacial score (nSPS) is 10.9. The van der Waals surface area contributed by atoms with Gasteiger partial charge in [-0.3, -0.25) is 0 Å². The zero-order valence-electron chi connectivity index (χ0n) is 7.32. The van der Waals surface area contributed by atoms with E-state index in [1.165, 1.54) is 6.07 Å². The minimum atomic E-state index is -1.83. The average molecular weight is 210 g/mol. The quantitative estimate of drug-likeness (QED) is 0.270. The molecular weight excluding hydrogens is 207 g/mol. The SMILES string of the molecule is [B]c1ccc2c(F)c(F)c(F)c(F)c2c1. The highest BCUT2D eigenvalue weighted by atomic mass is 19.2. The minimum Gasteiger partial charge on any atom is -0.203 e. The maximum absolute atomic E-state index is 13.2. The summed E-state index contributed by atoms with van der Waals surface area (Å²) in [5.41, 5.74) is 0.145. The van der Waals surface area contributed by atoms with Gasteiger partial charge in [0.2, 0.25) is 0 Å². The maximum atomic E-state index is 13.2. The molecule has 0 fully saturated rings. The molecule has 0 bridgehead atoms.